The van der Waals surface area contributed by atoms with Gasteiger partial charge in [0.05, 0.1) is 27.2 Å². The van der Waals surface area contributed by atoms with Crippen molar-refractivity contribution < 1.29 is 33.8 Å². The summed E-state index contributed by atoms with van der Waals surface area (Å²) in [6.07, 6.45) is 1.46. The zero-order valence-corrected chi connectivity index (χ0v) is 20.1. The fourth-order valence-electron chi connectivity index (χ4n) is 2.78. The van der Waals surface area contributed by atoms with Gasteiger partial charge in [-0.3, -0.25) is 19.3 Å². The number of nitrogens with zero attached hydrogens (tertiary/aromatic N) is 1. The van der Waals surface area contributed by atoms with Crippen molar-refractivity contribution in [3.8, 4) is 11.5 Å². The maximum absolute atomic E-state index is 12.7. The zero-order chi connectivity index (χ0) is 24.1. The molecule has 33 heavy (non-hydrogen) atoms. The van der Waals surface area contributed by atoms with Gasteiger partial charge in [0, 0.05) is 0 Å². The first-order valence-electron chi connectivity index (χ1n) is 9.21. The van der Waals surface area contributed by atoms with Crippen LogP contribution in [-0.4, -0.2) is 53.3 Å². The Labute approximate surface area is 205 Å². The second-order valence-corrected chi connectivity index (χ2v) is 8.77. The molecule has 0 bridgehead atoms. The van der Waals surface area contributed by atoms with Crippen molar-refractivity contribution in [3.05, 3.63) is 56.4 Å². The fourth-order valence-corrected chi connectivity index (χ4v) is 4.38. The quantitative estimate of drug-likeness (QED) is 0.464. The van der Waals surface area contributed by atoms with Crippen molar-refractivity contribution in [2.45, 2.75) is 0 Å². The number of anilines is 1. The first kappa shape index (κ1) is 24.6. The van der Waals surface area contributed by atoms with E-state index in [2.05, 4.69) is 21.2 Å². The number of halogens is 2. The van der Waals surface area contributed by atoms with E-state index in [4.69, 9.17) is 26.2 Å². The van der Waals surface area contributed by atoms with Gasteiger partial charge in [-0.1, -0.05) is 23.7 Å². The van der Waals surface area contributed by atoms with E-state index in [1.54, 1.807) is 30.3 Å². The van der Waals surface area contributed by atoms with E-state index >= 15 is 0 Å². The van der Waals surface area contributed by atoms with E-state index in [0.29, 0.717) is 32.5 Å². The molecule has 0 spiro atoms. The Bertz CT molecular complexity index is 1170. The molecule has 2 aromatic rings. The number of rotatable bonds is 8. The van der Waals surface area contributed by atoms with Crippen LogP contribution in [0.4, 0.5) is 10.5 Å². The first-order chi connectivity index (χ1) is 15.7. The third-order valence-corrected chi connectivity index (χ3v) is 6.04. The smallest absolute Gasteiger partial charge is 0.341 e. The number of carbonyl (C=O) groups is 4. The summed E-state index contributed by atoms with van der Waals surface area (Å²) in [7, 11) is 1.38. The topological polar surface area (TPSA) is 122 Å². The summed E-state index contributed by atoms with van der Waals surface area (Å²) < 4.78 is 10.9. The molecule has 2 aromatic carbocycles. The van der Waals surface area contributed by atoms with Crippen LogP contribution in [-0.2, 0) is 14.4 Å². The minimum absolute atomic E-state index is 0.110. The maximum atomic E-state index is 12.7. The first-order valence-corrected chi connectivity index (χ1v) is 11.2. The number of aliphatic carboxylic acids is 1. The number of carboxylic acids is 1. The Balaban J connectivity index is 1.76. The Kier molecular flexibility index (Phi) is 8.01. The highest BCUT2D eigenvalue weighted by Crippen LogP contribution is 2.39. The van der Waals surface area contributed by atoms with Gasteiger partial charge < -0.3 is 19.9 Å². The van der Waals surface area contributed by atoms with E-state index < -0.39 is 36.2 Å². The third kappa shape index (κ3) is 6.06. The summed E-state index contributed by atoms with van der Waals surface area (Å²) in [6.45, 7) is -1.04. The average molecular weight is 556 g/mol. The molecule has 1 fully saturated rings. The number of carbonyl (C=O) groups excluding carboxylic acids is 3. The number of methoxy groups -OCH3 is 1. The highest BCUT2D eigenvalue weighted by Gasteiger charge is 2.36. The number of hydrogen-bond acceptors (Lipinski definition) is 7. The lowest BCUT2D eigenvalue weighted by molar-refractivity contribution is -0.139. The maximum Gasteiger partial charge on any atom is 0.341 e. The van der Waals surface area contributed by atoms with E-state index in [1.165, 1.54) is 19.3 Å². The van der Waals surface area contributed by atoms with Gasteiger partial charge >= 0.3 is 5.97 Å². The van der Waals surface area contributed by atoms with Crippen LogP contribution >= 0.6 is 39.3 Å². The summed E-state index contributed by atoms with van der Waals surface area (Å²) in [5.41, 5.74) is 0.862. The molecule has 1 saturated heterocycles. The van der Waals surface area contributed by atoms with Crippen molar-refractivity contribution in [1.82, 2.24) is 4.90 Å². The number of ether oxygens (including phenoxy) is 2. The van der Waals surface area contributed by atoms with Gasteiger partial charge in [0.1, 0.15) is 6.54 Å². The number of thioether (sulfide) groups is 1. The van der Waals surface area contributed by atoms with Crippen LogP contribution in [0.5, 0.6) is 11.5 Å². The van der Waals surface area contributed by atoms with E-state index in [1.807, 2.05) is 0 Å². The number of amides is 3. The second kappa shape index (κ2) is 10.7. The Morgan fingerprint density at radius 3 is 2.67 bits per heavy atom. The molecule has 3 rings (SSSR count). The predicted octanol–water partition coefficient (Wildman–Crippen LogP) is 4.25. The summed E-state index contributed by atoms with van der Waals surface area (Å²) in [5.74, 6) is -1.94. The van der Waals surface area contributed by atoms with E-state index in [-0.39, 0.29) is 16.4 Å². The molecule has 0 saturated carbocycles. The Morgan fingerprint density at radius 2 is 2.00 bits per heavy atom. The van der Waals surface area contributed by atoms with Crippen molar-refractivity contribution in [1.29, 1.82) is 0 Å². The molecule has 0 aromatic heterocycles. The molecule has 3 amide bonds. The normalized spacial score (nSPS) is 14.5. The van der Waals surface area contributed by atoms with Gasteiger partial charge in [-0.2, -0.15) is 0 Å². The Morgan fingerprint density at radius 1 is 1.27 bits per heavy atom. The number of carboxylic acid groups (broad SMARTS) is 1. The summed E-state index contributed by atoms with van der Waals surface area (Å²) in [6, 6.07) is 9.71. The van der Waals surface area contributed by atoms with Gasteiger partial charge in [0.15, 0.2) is 18.1 Å². The molecule has 2 N–H and O–H groups in total. The zero-order valence-electron chi connectivity index (χ0n) is 17.0. The number of benzene rings is 2. The van der Waals surface area contributed by atoms with E-state index in [0.717, 1.165) is 4.90 Å². The van der Waals surface area contributed by atoms with Crippen LogP contribution in [0.15, 0.2) is 45.8 Å². The van der Waals surface area contributed by atoms with Crippen LogP contribution in [0.3, 0.4) is 0 Å². The molecule has 9 nitrogen and oxygen atoms in total. The number of hydrogen-bond donors (Lipinski definition) is 2. The standard InChI is InChI=1S/C21H16BrClN2O7S/c1-31-15-7-11(6-12(22)19(15)32-10-18(27)28)8-16-20(29)25(21(30)33-16)9-17(26)24-14-5-3-2-4-13(14)23/h2-8H,9-10H2,1H3,(H,24,26)(H,27,28)/b16-8+. The van der Waals surface area contributed by atoms with Crippen molar-refractivity contribution >= 4 is 74.1 Å². The molecule has 12 heteroatoms. The van der Waals surface area contributed by atoms with Crippen LogP contribution in [0.25, 0.3) is 6.08 Å². The van der Waals surface area contributed by atoms with Gasteiger partial charge in [-0.25, -0.2) is 4.79 Å². The molecule has 0 radical (unpaired) electrons. The largest absolute Gasteiger partial charge is 0.493 e. The lowest BCUT2D eigenvalue weighted by Crippen LogP contribution is -2.36. The summed E-state index contributed by atoms with van der Waals surface area (Å²) in [4.78, 5) is 49.1. The van der Waals surface area contributed by atoms with Gasteiger partial charge in [0.25, 0.3) is 11.1 Å². The fraction of sp³-hybridized carbons (Fsp3) is 0.143. The minimum Gasteiger partial charge on any atom is -0.493 e. The van der Waals surface area contributed by atoms with Crippen molar-refractivity contribution in [3.63, 3.8) is 0 Å². The van der Waals surface area contributed by atoms with Crippen molar-refractivity contribution in [2.24, 2.45) is 0 Å². The van der Waals surface area contributed by atoms with Crippen LogP contribution in [0.2, 0.25) is 5.02 Å². The molecule has 1 heterocycles. The molecule has 0 atom stereocenters. The average Bonchev–Trinajstić information content (AvgIpc) is 3.01. The van der Waals surface area contributed by atoms with Gasteiger partial charge in [-0.05, 0) is 63.6 Å². The SMILES string of the molecule is COc1cc(/C=C2/SC(=O)N(CC(=O)Nc3ccccc3Cl)C2=O)cc(Br)c1OCC(=O)O. The monoisotopic (exact) mass is 554 g/mol. The number of para-hydroxylation sites is 1. The van der Waals surface area contributed by atoms with Crippen LogP contribution in [0, 0.1) is 0 Å². The van der Waals surface area contributed by atoms with Crippen molar-refractivity contribution in [2.75, 3.05) is 25.6 Å². The molecule has 1 aliphatic rings. The summed E-state index contributed by atoms with van der Waals surface area (Å²) in [5, 5.41) is 11.1. The van der Waals surface area contributed by atoms with E-state index in [9.17, 15) is 19.2 Å². The molecule has 1 aliphatic heterocycles. The predicted molar refractivity (Wildman–Crippen MR) is 127 cm³/mol. The van der Waals surface area contributed by atoms with Crippen LogP contribution < -0.4 is 14.8 Å². The third-order valence-electron chi connectivity index (χ3n) is 4.21. The lowest BCUT2D eigenvalue weighted by Gasteiger charge is -2.13. The van der Waals surface area contributed by atoms with Crippen LogP contribution in [0.1, 0.15) is 5.56 Å². The molecular formula is C21H16BrClN2O7S. The highest BCUT2D eigenvalue weighted by molar-refractivity contribution is 9.10. The number of imide groups is 1. The lowest BCUT2D eigenvalue weighted by atomic mass is 10.2. The molecule has 0 aliphatic carbocycles. The molecule has 172 valence electrons. The molecule has 0 unspecified atom stereocenters. The van der Waals surface area contributed by atoms with Gasteiger partial charge in [0.2, 0.25) is 5.91 Å². The number of nitrogens with one attached hydrogen (secondary N) is 1. The second-order valence-electron chi connectivity index (χ2n) is 6.51. The Hall–Kier alpha value is -3.02. The highest BCUT2D eigenvalue weighted by atomic mass is 79.9. The van der Waals surface area contributed by atoms with Gasteiger partial charge in [-0.15, -0.1) is 0 Å². The molecular weight excluding hydrogens is 540 g/mol. The summed E-state index contributed by atoms with van der Waals surface area (Å²) >= 11 is 9.99. The minimum atomic E-state index is -1.15.